The van der Waals surface area contributed by atoms with E-state index in [0.29, 0.717) is 28.5 Å². The normalized spacial score (nSPS) is 11.0. The first-order valence-electron chi connectivity index (χ1n) is 7.20. The highest BCUT2D eigenvalue weighted by Crippen LogP contribution is 2.25. The van der Waals surface area contributed by atoms with E-state index in [9.17, 15) is 14.4 Å². The third-order valence-electron chi connectivity index (χ3n) is 3.88. The van der Waals surface area contributed by atoms with Crippen molar-refractivity contribution in [3.05, 3.63) is 57.2 Å². The summed E-state index contributed by atoms with van der Waals surface area (Å²) in [6.07, 6.45) is 0.610. The fourth-order valence-electron chi connectivity index (χ4n) is 2.63. The molecule has 0 bridgehead atoms. The third-order valence-corrected chi connectivity index (χ3v) is 3.88. The molecule has 0 radical (unpaired) electrons. The Hall–Kier alpha value is -2.95. The number of hydrogen-bond acceptors (Lipinski definition) is 4. The van der Waals surface area contributed by atoms with E-state index in [-0.39, 0.29) is 22.2 Å². The molecule has 0 fully saturated rings. The van der Waals surface area contributed by atoms with Crippen LogP contribution in [0.1, 0.15) is 40.1 Å². The Labute approximate surface area is 131 Å². The van der Waals surface area contributed by atoms with Crippen molar-refractivity contribution in [1.82, 2.24) is 0 Å². The maximum atomic E-state index is 12.7. The fourth-order valence-corrected chi connectivity index (χ4v) is 2.63. The van der Waals surface area contributed by atoms with E-state index in [1.165, 1.54) is 31.2 Å². The number of rotatable bonds is 3. The molecule has 1 heterocycles. The zero-order valence-corrected chi connectivity index (χ0v) is 12.7. The molecular weight excluding hydrogens is 296 g/mol. The van der Waals surface area contributed by atoms with Gasteiger partial charge in [0.05, 0.1) is 16.3 Å². The highest BCUT2D eigenvalue weighted by Gasteiger charge is 2.15. The lowest BCUT2D eigenvalue weighted by Gasteiger charge is -2.08. The zero-order valence-electron chi connectivity index (χ0n) is 12.7. The summed E-state index contributed by atoms with van der Waals surface area (Å²) in [7, 11) is 0. The Morgan fingerprint density at radius 1 is 1.09 bits per heavy atom. The van der Waals surface area contributed by atoms with Gasteiger partial charge in [0.2, 0.25) is 5.43 Å². The molecule has 0 amide bonds. The predicted octanol–water partition coefficient (Wildman–Crippen LogP) is 3.41. The van der Waals surface area contributed by atoms with Gasteiger partial charge >= 0.3 is 5.97 Å². The second kappa shape index (κ2) is 5.35. The fraction of sp³-hybridized carbons (Fsp3) is 0.167. The van der Waals surface area contributed by atoms with Crippen molar-refractivity contribution in [2.24, 2.45) is 0 Å². The van der Waals surface area contributed by atoms with Crippen LogP contribution in [-0.2, 0) is 6.42 Å². The highest BCUT2D eigenvalue weighted by atomic mass is 16.4. The molecule has 3 aromatic rings. The van der Waals surface area contributed by atoms with Gasteiger partial charge in [-0.15, -0.1) is 0 Å². The lowest BCUT2D eigenvalue weighted by atomic mass is 10.0. The van der Waals surface area contributed by atoms with E-state index in [1.54, 1.807) is 6.07 Å². The van der Waals surface area contributed by atoms with Crippen molar-refractivity contribution < 1.29 is 19.1 Å². The van der Waals surface area contributed by atoms with Crippen molar-refractivity contribution >= 4 is 33.7 Å². The SMILES string of the molecule is CCc1cc(C(C)=O)cc2c(=O)c3cc(C(=O)O)ccc3oc12. The predicted molar refractivity (Wildman–Crippen MR) is 86.3 cm³/mol. The van der Waals surface area contributed by atoms with Gasteiger partial charge in [-0.1, -0.05) is 6.92 Å². The molecule has 3 rings (SSSR count). The third kappa shape index (κ3) is 2.40. The molecule has 23 heavy (non-hydrogen) atoms. The molecule has 1 N–H and O–H groups in total. The van der Waals surface area contributed by atoms with E-state index < -0.39 is 5.97 Å². The molecule has 0 aliphatic heterocycles. The molecule has 0 saturated heterocycles. The number of aromatic carboxylic acids is 1. The van der Waals surface area contributed by atoms with Crippen LogP contribution < -0.4 is 5.43 Å². The maximum Gasteiger partial charge on any atom is 0.335 e. The Morgan fingerprint density at radius 3 is 2.39 bits per heavy atom. The van der Waals surface area contributed by atoms with Crippen LogP contribution in [0.4, 0.5) is 0 Å². The average Bonchev–Trinajstić information content (AvgIpc) is 2.53. The van der Waals surface area contributed by atoms with E-state index in [1.807, 2.05) is 6.92 Å². The topological polar surface area (TPSA) is 84.6 Å². The van der Waals surface area contributed by atoms with Gasteiger partial charge in [-0.25, -0.2) is 4.79 Å². The van der Waals surface area contributed by atoms with E-state index in [0.717, 1.165) is 5.56 Å². The summed E-state index contributed by atoms with van der Waals surface area (Å²) in [4.78, 5) is 35.5. The summed E-state index contributed by atoms with van der Waals surface area (Å²) in [5.41, 5.74) is 1.67. The highest BCUT2D eigenvalue weighted by molar-refractivity contribution is 6.01. The molecule has 1 aromatic heterocycles. The smallest absolute Gasteiger partial charge is 0.335 e. The molecule has 0 atom stereocenters. The summed E-state index contributed by atoms with van der Waals surface area (Å²) < 4.78 is 5.81. The maximum absolute atomic E-state index is 12.7. The minimum absolute atomic E-state index is 0.0163. The molecule has 5 nitrogen and oxygen atoms in total. The van der Waals surface area contributed by atoms with Crippen molar-refractivity contribution in [1.29, 1.82) is 0 Å². The lowest BCUT2D eigenvalue weighted by Crippen LogP contribution is -2.07. The number of carboxylic acids is 1. The molecule has 116 valence electrons. The Balaban J connectivity index is 2.48. The molecular formula is C18H14O5. The minimum Gasteiger partial charge on any atom is -0.478 e. The van der Waals surface area contributed by atoms with Gasteiger partial charge in [0.1, 0.15) is 11.2 Å². The van der Waals surface area contributed by atoms with Crippen molar-refractivity contribution in [3.63, 3.8) is 0 Å². The quantitative estimate of drug-likeness (QED) is 0.592. The Kier molecular flexibility index (Phi) is 3.48. The van der Waals surface area contributed by atoms with Crippen LogP contribution in [-0.4, -0.2) is 16.9 Å². The van der Waals surface area contributed by atoms with Gasteiger partial charge in [-0.05, 0) is 49.2 Å². The summed E-state index contributed by atoms with van der Waals surface area (Å²) in [5.74, 6) is -1.25. The summed E-state index contributed by atoms with van der Waals surface area (Å²) in [6, 6.07) is 7.42. The number of benzene rings is 2. The van der Waals surface area contributed by atoms with Crippen LogP contribution in [0.25, 0.3) is 21.9 Å². The van der Waals surface area contributed by atoms with Crippen LogP contribution >= 0.6 is 0 Å². The second-order valence-electron chi connectivity index (χ2n) is 5.37. The Morgan fingerprint density at radius 2 is 1.78 bits per heavy atom. The van der Waals surface area contributed by atoms with E-state index in [2.05, 4.69) is 0 Å². The molecule has 5 heteroatoms. The van der Waals surface area contributed by atoms with Gasteiger partial charge in [0, 0.05) is 5.56 Å². The number of fused-ring (bicyclic) bond motifs is 2. The van der Waals surface area contributed by atoms with Gasteiger partial charge in [0.25, 0.3) is 0 Å². The van der Waals surface area contributed by atoms with Gasteiger partial charge in [0.15, 0.2) is 5.78 Å². The number of carboxylic acid groups (broad SMARTS) is 1. The summed E-state index contributed by atoms with van der Waals surface area (Å²) in [5, 5.41) is 9.56. The lowest BCUT2D eigenvalue weighted by molar-refractivity contribution is 0.0697. The van der Waals surface area contributed by atoms with Crippen LogP contribution in [0.3, 0.4) is 0 Å². The number of Topliss-reactive ketones (excluding diaryl/α,β-unsaturated/α-hetero) is 1. The molecule has 2 aromatic carbocycles. The summed E-state index contributed by atoms with van der Waals surface area (Å²) in [6.45, 7) is 3.35. The first-order chi connectivity index (χ1) is 10.9. The standard InChI is InChI=1S/C18H14O5/c1-3-10-6-12(9(2)19)8-14-16(20)13-7-11(18(21)22)4-5-15(13)23-17(10)14/h4-8H,3H2,1-2H3,(H,21,22). The van der Waals surface area contributed by atoms with Gasteiger partial charge in [-0.3, -0.25) is 9.59 Å². The number of carbonyl (C=O) groups excluding carboxylic acids is 1. The van der Waals surface area contributed by atoms with Crippen molar-refractivity contribution in [3.8, 4) is 0 Å². The zero-order chi connectivity index (χ0) is 16.7. The number of carbonyl (C=O) groups is 2. The van der Waals surface area contributed by atoms with Crippen LogP contribution in [0, 0.1) is 0 Å². The second-order valence-corrected chi connectivity index (χ2v) is 5.37. The van der Waals surface area contributed by atoms with Gasteiger partial charge < -0.3 is 9.52 Å². The molecule has 0 saturated carbocycles. The van der Waals surface area contributed by atoms with E-state index >= 15 is 0 Å². The number of aryl methyl sites for hydroxylation is 1. The molecule has 0 spiro atoms. The number of hydrogen-bond donors (Lipinski definition) is 1. The van der Waals surface area contributed by atoms with Gasteiger partial charge in [-0.2, -0.15) is 0 Å². The van der Waals surface area contributed by atoms with Crippen molar-refractivity contribution in [2.75, 3.05) is 0 Å². The largest absolute Gasteiger partial charge is 0.478 e. The minimum atomic E-state index is -1.11. The van der Waals surface area contributed by atoms with Crippen LogP contribution in [0.5, 0.6) is 0 Å². The van der Waals surface area contributed by atoms with Crippen LogP contribution in [0.2, 0.25) is 0 Å². The summed E-state index contributed by atoms with van der Waals surface area (Å²) >= 11 is 0. The first kappa shape index (κ1) is 15.0. The average molecular weight is 310 g/mol. The van der Waals surface area contributed by atoms with Crippen molar-refractivity contribution in [2.45, 2.75) is 20.3 Å². The first-order valence-corrected chi connectivity index (χ1v) is 7.20. The van der Waals surface area contributed by atoms with Crippen LogP contribution in [0.15, 0.2) is 39.5 Å². The molecule has 0 aliphatic rings. The Bertz CT molecular complexity index is 1030. The molecule has 0 unspecified atom stereocenters. The van der Waals surface area contributed by atoms with E-state index in [4.69, 9.17) is 9.52 Å². The monoisotopic (exact) mass is 310 g/mol. The number of ketones is 1. The molecule has 0 aliphatic carbocycles.